The maximum atomic E-state index is 10.6. The molecule has 4 heteroatoms. The van der Waals surface area contributed by atoms with Crippen LogP contribution >= 0.6 is 38.9 Å². The minimum absolute atomic E-state index is 0.608. The van der Waals surface area contributed by atoms with Gasteiger partial charge in [-0.05, 0) is 28.1 Å². The second kappa shape index (κ2) is 3.40. The van der Waals surface area contributed by atoms with E-state index in [1.165, 1.54) is 0 Å². The van der Waals surface area contributed by atoms with Crippen LogP contribution in [0.15, 0.2) is 22.0 Å². The molecule has 2 rings (SSSR count). The second-order valence-electron chi connectivity index (χ2n) is 2.58. The van der Waals surface area contributed by atoms with E-state index in [1.807, 2.05) is 11.4 Å². The van der Waals surface area contributed by atoms with Crippen LogP contribution in [-0.2, 0) is 0 Å². The summed E-state index contributed by atoms with van der Waals surface area (Å²) in [5.74, 6) is 0. The van der Waals surface area contributed by atoms with Crippen molar-refractivity contribution >= 4 is 55.2 Å². The van der Waals surface area contributed by atoms with Gasteiger partial charge in [-0.3, -0.25) is 4.79 Å². The fraction of sp³-hybridized carbons (Fsp3) is 0. The highest BCUT2D eigenvalue weighted by molar-refractivity contribution is 9.10. The molecule has 0 amide bonds. The van der Waals surface area contributed by atoms with E-state index in [4.69, 9.17) is 11.6 Å². The van der Waals surface area contributed by atoms with Crippen molar-refractivity contribution in [2.24, 2.45) is 0 Å². The molecule has 13 heavy (non-hydrogen) atoms. The lowest BCUT2D eigenvalue weighted by Crippen LogP contribution is -1.78. The van der Waals surface area contributed by atoms with Gasteiger partial charge in [-0.1, -0.05) is 11.6 Å². The molecule has 0 aliphatic rings. The van der Waals surface area contributed by atoms with Crippen molar-refractivity contribution in [1.82, 2.24) is 0 Å². The van der Waals surface area contributed by atoms with E-state index in [1.54, 1.807) is 17.4 Å². The smallest absolute Gasteiger partial charge is 0.150 e. The van der Waals surface area contributed by atoms with Gasteiger partial charge >= 0.3 is 0 Å². The predicted molar refractivity (Wildman–Crippen MR) is 59.9 cm³/mol. The van der Waals surface area contributed by atoms with E-state index < -0.39 is 0 Å². The highest BCUT2D eigenvalue weighted by Gasteiger charge is 2.06. The van der Waals surface area contributed by atoms with Gasteiger partial charge in [0.15, 0.2) is 0 Å². The molecular formula is C9H4BrClOS. The molecule has 0 fully saturated rings. The summed E-state index contributed by atoms with van der Waals surface area (Å²) in [6, 6.07) is 3.51. The van der Waals surface area contributed by atoms with Crippen molar-refractivity contribution in [2.45, 2.75) is 0 Å². The predicted octanol–water partition coefficient (Wildman–Crippen LogP) is 4.13. The van der Waals surface area contributed by atoms with E-state index in [0.717, 1.165) is 20.8 Å². The number of carbonyl (C=O) groups is 1. The zero-order valence-electron chi connectivity index (χ0n) is 6.38. The molecule has 0 spiro atoms. The molecular weight excluding hydrogens is 272 g/mol. The Balaban J connectivity index is 2.87. The van der Waals surface area contributed by atoms with Crippen molar-refractivity contribution < 1.29 is 4.79 Å². The van der Waals surface area contributed by atoms with Gasteiger partial charge in [-0.15, -0.1) is 11.3 Å². The molecule has 0 atom stereocenters. The minimum Gasteiger partial charge on any atom is -0.298 e. The van der Waals surface area contributed by atoms with Crippen molar-refractivity contribution in [3.05, 3.63) is 32.6 Å². The molecule has 0 N–H and O–H groups in total. The largest absolute Gasteiger partial charge is 0.298 e. The van der Waals surface area contributed by atoms with Crippen LogP contribution in [0.5, 0.6) is 0 Å². The van der Waals surface area contributed by atoms with Gasteiger partial charge in [-0.2, -0.15) is 0 Å². The van der Waals surface area contributed by atoms with Crippen LogP contribution in [0, 0.1) is 0 Å². The maximum absolute atomic E-state index is 10.6. The SMILES string of the molecule is O=Cc1cc(Cl)c2scc(Br)c2c1. The fourth-order valence-electron chi connectivity index (χ4n) is 1.15. The monoisotopic (exact) mass is 274 g/mol. The first kappa shape index (κ1) is 9.19. The van der Waals surface area contributed by atoms with E-state index >= 15 is 0 Å². The molecule has 2 aromatic rings. The molecule has 0 aliphatic heterocycles. The van der Waals surface area contributed by atoms with Gasteiger partial charge in [-0.25, -0.2) is 0 Å². The summed E-state index contributed by atoms with van der Waals surface area (Å²) in [6.07, 6.45) is 0.801. The van der Waals surface area contributed by atoms with Gasteiger partial charge in [0.2, 0.25) is 0 Å². The molecule has 0 aliphatic carbocycles. The Labute approximate surface area is 92.5 Å². The average molecular weight is 276 g/mol. The minimum atomic E-state index is 0.608. The number of hydrogen-bond donors (Lipinski definition) is 0. The standard InChI is InChI=1S/C9H4BrClOS/c10-7-4-13-9-6(7)1-5(3-12)2-8(9)11/h1-4H. The Morgan fingerprint density at radius 3 is 2.92 bits per heavy atom. The summed E-state index contributed by atoms with van der Waals surface area (Å²) in [5, 5.41) is 3.60. The molecule has 0 unspecified atom stereocenters. The quantitative estimate of drug-likeness (QED) is 0.715. The van der Waals surface area contributed by atoms with Gasteiger partial charge in [0.05, 0.1) is 9.72 Å². The zero-order valence-corrected chi connectivity index (χ0v) is 9.54. The van der Waals surface area contributed by atoms with Crippen molar-refractivity contribution in [3.8, 4) is 0 Å². The Morgan fingerprint density at radius 1 is 1.46 bits per heavy atom. The lowest BCUT2D eigenvalue weighted by Gasteiger charge is -1.95. The highest BCUT2D eigenvalue weighted by atomic mass is 79.9. The van der Waals surface area contributed by atoms with Crippen LogP contribution in [0.25, 0.3) is 10.1 Å². The van der Waals surface area contributed by atoms with Crippen molar-refractivity contribution in [2.75, 3.05) is 0 Å². The molecule has 0 radical (unpaired) electrons. The normalized spacial score (nSPS) is 10.6. The lowest BCUT2D eigenvalue weighted by atomic mass is 10.2. The summed E-state index contributed by atoms with van der Waals surface area (Å²) in [6.45, 7) is 0. The summed E-state index contributed by atoms with van der Waals surface area (Å²) < 4.78 is 2.00. The number of carbonyl (C=O) groups excluding carboxylic acids is 1. The van der Waals surface area contributed by atoms with Gasteiger partial charge in [0.25, 0.3) is 0 Å². The lowest BCUT2D eigenvalue weighted by molar-refractivity contribution is 0.112. The number of benzene rings is 1. The first-order valence-electron chi connectivity index (χ1n) is 3.54. The first-order valence-corrected chi connectivity index (χ1v) is 5.59. The van der Waals surface area contributed by atoms with Gasteiger partial charge in [0, 0.05) is 20.8 Å². The summed E-state index contributed by atoms with van der Waals surface area (Å²) >= 11 is 11.0. The average Bonchev–Trinajstić information content (AvgIpc) is 2.48. The van der Waals surface area contributed by atoms with Crippen molar-refractivity contribution in [3.63, 3.8) is 0 Å². The number of rotatable bonds is 1. The summed E-state index contributed by atoms with van der Waals surface area (Å²) in [7, 11) is 0. The number of aldehydes is 1. The molecule has 0 saturated carbocycles. The molecule has 0 bridgehead atoms. The van der Waals surface area contributed by atoms with Gasteiger partial charge < -0.3 is 0 Å². The molecule has 0 saturated heterocycles. The van der Waals surface area contributed by atoms with Gasteiger partial charge in [0.1, 0.15) is 6.29 Å². The van der Waals surface area contributed by atoms with Crippen LogP contribution in [0.4, 0.5) is 0 Å². The summed E-state index contributed by atoms with van der Waals surface area (Å²) in [4.78, 5) is 10.6. The molecule has 1 aromatic heterocycles. The van der Waals surface area contributed by atoms with Crippen molar-refractivity contribution in [1.29, 1.82) is 0 Å². The Hall–Kier alpha value is -0.380. The zero-order chi connectivity index (χ0) is 9.42. The third kappa shape index (κ3) is 1.52. The number of halogens is 2. The topological polar surface area (TPSA) is 17.1 Å². The first-order chi connectivity index (χ1) is 6.22. The third-order valence-corrected chi connectivity index (χ3v) is 4.14. The summed E-state index contributed by atoms with van der Waals surface area (Å²) in [5.41, 5.74) is 0.608. The molecule has 1 nitrogen and oxygen atoms in total. The maximum Gasteiger partial charge on any atom is 0.150 e. The Bertz CT molecular complexity index is 478. The molecule has 1 heterocycles. The number of hydrogen-bond acceptors (Lipinski definition) is 2. The fourth-order valence-corrected chi connectivity index (χ4v) is 3.06. The van der Waals surface area contributed by atoms with Crippen LogP contribution < -0.4 is 0 Å². The van der Waals surface area contributed by atoms with E-state index in [-0.39, 0.29) is 0 Å². The molecule has 66 valence electrons. The highest BCUT2D eigenvalue weighted by Crippen LogP contribution is 2.35. The number of fused-ring (bicyclic) bond motifs is 1. The van der Waals surface area contributed by atoms with E-state index in [9.17, 15) is 4.79 Å². The van der Waals surface area contributed by atoms with Crippen LogP contribution in [0.2, 0.25) is 5.02 Å². The Morgan fingerprint density at radius 2 is 2.23 bits per heavy atom. The van der Waals surface area contributed by atoms with Crippen LogP contribution in [-0.4, -0.2) is 6.29 Å². The molecule has 1 aromatic carbocycles. The van der Waals surface area contributed by atoms with Crippen LogP contribution in [0.1, 0.15) is 10.4 Å². The van der Waals surface area contributed by atoms with E-state index in [0.29, 0.717) is 10.6 Å². The van der Waals surface area contributed by atoms with Crippen LogP contribution in [0.3, 0.4) is 0 Å². The Kier molecular flexibility index (Phi) is 2.41. The van der Waals surface area contributed by atoms with E-state index in [2.05, 4.69) is 15.9 Å². The third-order valence-electron chi connectivity index (χ3n) is 1.74. The second-order valence-corrected chi connectivity index (χ2v) is 4.72. The number of thiophene rings is 1.